The number of sulfone groups is 1. The van der Waals surface area contributed by atoms with E-state index in [0.717, 1.165) is 36.7 Å². The number of hydrogen-bond acceptors (Lipinski definition) is 8. The molecule has 3 saturated carbocycles. The van der Waals surface area contributed by atoms with Crippen molar-refractivity contribution in [1.29, 1.82) is 5.26 Å². The van der Waals surface area contributed by atoms with Crippen molar-refractivity contribution in [3.8, 4) is 28.9 Å². The van der Waals surface area contributed by atoms with Gasteiger partial charge < -0.3 is 14.6 Å². The lowest BCUT2D eigenvalue weighted by molar-refractivity contribution is -0.127. The molecular weight excluding hydrogens is 545 g/mol. The molecule has 3 aliphatic carbocycles. The van der Waals surface area contributed by atoms with Gasteiger partial charge in [-0.3, -0.25) is 4.79 Å². The minimum Gasteiger partial charge on any atom is -0.439 e. The van der Waals surface area contributed by atoms with Gasteiger partial charge in [-0.05, 0) is 68.2 Å². The van der Waals surface area contributed by atoms with Crippen LogP contribution in [0.4, 0.5) is 10.1 Å². The van der Waals surface area contributed by atoms with Gasteiger partial charge in [0, 0.05) is 36.2 Å². The van der Waals surface area contributed by atoms with Gasteiger partial charge in [-0.25, -0.2) is 22.8 Å². The smallest absolute Gasteiger partial charge is 0.245 e. The first-order chi connectivity index (χ1) is 19.7. The van der Waals surface area contributed by atoms with Crippen molar-refractivity contribution in [2.45, 2.75) is 43.6 Å². The molecule has 0 unspecified atom stereocenters. The number of carbonyl (C=O) groups is 1. The minimum atomic E-state index is -2.99. The number of carbonyl (C=O) groups excluding carboxylic acids is 1. The molecule has 41 heavy (non-hydrogen) atoms. The highest BCUT2D eigenvalue weighted by Crippen LogP contribution is 2.57. The molecule has 4 fully saturated rings. The van der Waals surface area contributed by atoms with E-state index in [1.165, 1.54) is 12.1 Å². The molecule has 1 aliphatic heterocycles. The Morgan fingerprint density at radius 3 is 2.46 bits per heavy atom. The fourth-order valence-electron chi connectivity index (χ4n) is 6.37. The van der Waals surface area contributed by atoms with Crippen LogP contribution in [-0.2, 0) is 14.6 Å². The van der Waals surface area contributed by atoms with Crippen molar-refractivity contribution in [3.63, 3.8) is 0 Å². The van der Waals surface area contributed by atoms with Gasteiger partial charge in [0.05, 0.1) is 23.8 Å². The van der Waals surface area contributed by atoms with Gasteiger partial charge >= 0.3 is 0 Å². The van der Waals surface area contributed by atoms with Gasteiger partial charge in [0.2, 0.25) is 11.8 Å². The van der Waals surface area contributed by atoms with Crippen LogP contribution in [0.5, 0.6) is 0 Å². The Morgan fingerprint density at radius 1 is 1.07 bits per heavy atom. The third-order valence-corrected chi connectivity index (χ3v) is 10.7. The second kappa shape index (κ2) is 9.65. The third-order valence-electron chi connectivity index (χ3n) is 9.12. The Hall–Kier alpha value is -3.78. The summed E-state index contributed by atoms with van der Waals surface area (Å²) in [6.45, 7) is 0.895. The summed E-state index contributed by atoms with van der Waals surface area (Å²) in [5.41, 5.74) is 1.99. The summed E-state index contributed by atoms with van der Waals surface area (Å²) in [5.74, 6) is 1.03. The maximum atomic E-state index is 13.6. The molecule has 2 aromatic heterocycles. The number of rotatable bonds is 6. The number of anilines is 1. The number of aromatic nitrogens is 2. The maximum Gasteiger partial charge on any atom is 0.245 e. The lowest BCUT2D eigenvalue weighted by Crippen LogP contribution is -2.42. The summed E-state index contributed by atoms with van der Waals surface area (Å²) < 4.78 is 43.8. The topological polar surface area (TPSA) is 129 Å². The number of nitrogens with zero attached hydrogens (tertiary/aromatic N) is 4. The number of amides is 1. The molecule has 1 saturated heterocycles. The van der Waals surface area contributed by atoms with Gasteiger partial charge in [-0.1, -0.05) is 12.1 Å². The van der Waals surface area contributed by atoms with Crippen molar-refractivity contribution in [2.24, 2.45) is 17.8 Å². The second-order valence-electron chi connectivity index (χ2n) is 11.9. The summed E-state index contributed by atoms with van der Waals surface area (Å²) in [5, 5.41) is 12.6. The number of pyridine rings is 1. The van der Waals surface area contributed by atoms with E-state index in [1.807, 2.05) is 24.3 Å². The second-order valence-corrected chi connectivity index (χ2v) is 14.2. The first-order valence-corrected chi connectivity index (χ1v) is 16.0. The Balaban J connectivity index is 1.24. The van der Waals surface area contributed by atoms with Crippen LogP contribution in [-0.4, -0.2) is 54.4 Å². The molecule has 0 bridgehead atoms. The summed E-state index contributed by atoms with van der Waals surface area (Å²) in [7, 11) is -2.99. The number of fused-ring (bicyclic) bond motifs is 1. The highest BCUT2D eigenvalue weighted by atomic mass is 32.2. The molecule has 1 N–H and O–H groups in total. The van der Waals surface area contributed by atoms with Crippen LogP contribution >= 0.6 is 0 Å². The van der Waals surface area contributed by atoms with E-state index in [9.17, 15) is 22.9 Å². The predicted molar refractivity (Wildman–Crippen MR) is 149 cm³/mol. The molecule has 7 rings (SSSR count). The zero-order valence-electron chi connectivity index (χ0n) is 22.4. The molecule has 0 spiro atoms. The predicted octanol–water partition coefficient (Wildman–Crippen LogP) is 4.08. The monoisotopic (exact) mass is 575 g/mol. The molecule has 4 aliphatic rings. The van der Waals surface area contributed by atoms with Crippen molar-refractivity contribution >= 4 is 21.4 Å². The van der Waals surface area contributed by atoms with E-state index in [2.05, 4.69) is 21.3 Å². The van der Waals surface area contributed by atoms with Crippen LogP contribution in [0.15, 0.2) is 47.0 Å². The molecule has 1 amide bonds. The first kappa shape index (κ1) is 26.1. The summed E-state index contributed by atoms with van der Waals surface area (Å²) in [6, 6.07) is 12.9. The zero-order chi connectivity index (χ0) is 28.4. The summed E-state index contributed by atoms with van der Waals surface area (Å²) in [6.07, 6.45) is 5.07. The Morgan fingerprint density at radius 2 is 1.80 bits per heavy atom. The molecule has 0 radical (unpaired) electrons. The number of nitrogens with one attached hydrogen (secondary N) is 1. The van der Waals surface area contributed by atoms with E-state index in [1.54, 1.807) is 0 Å². The fourth-order valence-corrected chi connectivity index (χ4v) is 7.57. The number of hydrogen-bond donors (Lipinski definition) is 1. The van der Waals surface area contributed by atoms with Crippen LogP contribution in [0.2, 0.25) is 0 Å². The molecule has 212 valence electrons. The number of benzene rings is 1. The minimum absolute atomic E-state index is 0.112. The Kier molecular flexibility index (Phi) is 6.15. The number of nitriles is 1. The molecular formula is C30H30FN5O4S. The highest BCUT2D eigenvalue weighted by molar-refractivity contribution is 7.91. The van der Waals surface area contributed by atoms with Gasteiger partial charge in [0.15, 0.2) is 9.84 Å². The number of halogens is 1. The van der Waals surface area contributed by atoms with Crippen LogP contribution < -0.4 is 10.2 Å². The Bertz CT molecular complexity index is 1630. The SMILES string of the molecule is N#CC1(NC(=O)[C@@H]2C[C@@H]3C[C@@H]3C[C@H]2c2oc(-c3ccc(F)cn3)nc2-c2ccc(N3CCS(=O)(=O)CC3)cc2)CC1. The molecule has 9 nitrogen and oxygen atoms in total. The van der Waals surface area contributed by atoms with E-state index in [4.69, 9.17) is 9.40 Å². The molecule has 3 aromatic rings. The van der Waals surface area contributed by atoms with Gasteiger partial charge in [-0.2, -0.15) is 5.26 Å². The van der Waals surface area contributed by atoms with Crippen molar-refractivity contribution in [2.75, 3.05) is 29.5 Å². The van der Waals surface area contributed by atoms with Gasteiger partial charge in [0.25, 0.3) is 0 Å². The van der Waals surface area contributed by atoms with Crippen LogP contribution in [0, 0.1) is 34.9 Å². The zero-order valence-corrected chi connectivity index (χ0v) is 23.2. The van der Waals surface area contributed by atoms with Crippen molar-refractivity contribution < 1.29 is 22.0 Å². The Labute approximate surface area is 237 Å². The highest BCUT2D eigenvalue weighted by Gasteiger charge is 2.53. The molecule has 3 heterocycles. The lowest BCUT2D eigenvalue weighted by atomic mass is 9.76. The average Bonchev–Trinajstić information content (AvgIpc) is 3.88. The van der Waals surface area contributed by atoms with E-state index < -0.39 is 21.2 Å². The van der Waals surface area contributed by atoms with Crippen molar-refractivity contribution in [1.82, 2.24) is 15.3 Å². The summed E-state index contributed by atoms with van der Waals surface area (Å²) >= 11 is 0. The normalized spacial score (nSPS) is 27.4. The third kappa shape index (κ3) is 5.10. The van der Waals surface area contributed by atoms with E-state index in [-0.39, 0.29) is 35.1 Å². The van der Waals surface area contributed by atoms with Gasteiger partial charge in [-0.15, -0.1) is 0 Å². The van der Waals surface area contributed by atoms with Crippen molar-refractivity contribution in [3.05, 3.63) is 54.2 Å². The fraction of sp³-hybridized carbons (Fsp3) is 0.467. The molecule has 4 atom stereocenters. The first-order valence-electron chi connectivity index (χ1n) is 14.1. The van der Waals surface area contributed by atoms with Crippen LogP contribution in [0.1, 0.15) is 43.8 Å². The molecule has 1 aromatic carbocycles. The summed E-state index contributed by atoms with van der Waals surface area (Å²) in [4.78, 5) is 24.6. The standard InChI is InChI=1S/C30H30FN5O4S/c31-21-3-6-25(33-16-21)29-34-26(18-1-4-22(5-2-18)36-9-11-41(38,39)12-10-36)27(40-29)23-14-19-13-20(19)15-24(23)28(37)35-30(17-32)7-8-30/h1-6,16,19-20,23-24H,7-15H2,(H,35,37)/t19-,20+,23-,24-/m1/s1. The van der Waals surface area contributed by atoms with E-state index in [0.29, 0.717) is 54.9 Å². The largest absolute Gasteiger partial charge is 0.439 e. The average molecular weight is 576 g/mol. The van der Waals surface area contributed by atoms with E-state index >= 15 is 0 Å². The lowest BCUT2D eigenvalue weighted by Gasteiger charge is -2.30. The number of oxazole rings is 1. The van der Waals surface area contributed by atoms with Gasteiger partial charge in [0.1, 0.15) is 28.5 Å². The molecule has 11 heteroatoms. The van der Waals surface area contributed by atoms with Crippen LogP contribution in [0.3, 0.4) is 0 Å². The van der Waals surface area contributed by atoms with Crippen LogP contribution in [0.25, 0.3) is 22.8 Å². The quantitative estimate of drug-likeness (QED) is 0.466. The maximum absolute atomic E-state index is 13.6.